The number of carbonyl (C=O) groups is 1. The van der Waals surface area contributed by atoms with Crippen LogP contribution in [0.15, 0.2) is 24.3 Å². The van der Waals surface area contributed by atoms with E-state index in [2.05, 4.69) is 10.2 Å². The summed E-state index contributed by atoms with van der Waals surface area (Å²) in [5.41, 5.74) is 1.07. The molecule has 0 bridgehead atoms. The maximum atomic E-state index is 13.3. The number of likely N-dealkylation sites (tertiary alicyclic amines) is 1. The van der Waals surface area contributed by atoms with Crippen molar-refractivity contribution in [2.75, 3.05) is 32.8 Å². The molecule has 3 fully saturated rings. The summed E-state index contributed by atoms with van der Waals surface area (Å²) >= 11 is 0. The SMILES string of the molecule is O=C(CN1CCCCC1C1OCCO1)NCC1(c2ccc(F)cc2)CCCC1. The monoisotopic (exact) mass is 390 g/mol. The van der Waals surface area contributed by atoms with Gasteiger partial charge in [-0.05, 0) is 49.9 Å². The van der Waals surface area contributed by atoms with E-state index >= 15 is 0 Å². The summed E-state index contributed by atoms with van der Waals surface area (Å²) in [5.74, 6) is -0.160. The van der Waals surface area contributed by atoms with Crippen molar-refractivity contribution in [3.63, 3.8) is 0 Å². The summed E-state index contributed by atoms with van der Waals surface area (Å²) in [7, 11) is 0. The Morgan fingerprint density at radius 3 is 2.54 bits per heavy atom. The van der Waals surface area contributed by atoms with E-state index in [1.54, 1.807) is 0 Å². The number of hydrogen-bond donors (Lipinski definition) is 1. The van der Waals surface area contributed by atoms with E-state index < -0.39 is 0 Å². The van der Waals surface area contributed by atoms with Crippen molar-refractivity contribution in [3.8, 4) is 0 Å². The fourth-order valence-electron chi connectivity index (χ4n) is 5.05. The molecule has 6 heteroatoms. The highest BCUT2D eigenvalue weighted by Gasteiger charge is 2.37. The van der Waals surface area contributed by atoms with E-state index in [0.29, 0.717) is 26.3 Å². The second-order valence-electron chi connectivity index (χ2n) is 8.41. The molecule has 1 aliphatic carbocycles. The van der Waals surface area contributed by atoms with Crippen LogP contribution in [-0.4, -0.2) is 56.0 Å². The minimum atomic E-state index is -0.214. The molecule has 4 rings (SSSR count). The van der Waals surface area contributed by atoms with Crippen LogP contribution in [0, 0.1) is 5.82 Å². The minimum absolute atomic E-state index is 0.0540. The number of ether oxygens (including phenoxy) is 2. The van der Waals surface area contributed by atoms with Gasteiger partial charge in [-0.25, -0.2) is 4.39 Å². The number of amides is 1. The summed E-state index contributed by atoms with van der Waals surface area (Å²) in [6.45, 7) is 3.19. The molecule has 1 aromatic carbocycles. The molecular weight excluding hydrogens is 359 g/mol. The average molecular weight is 390 g/mol. The molecule has 1 N–H and O–H groups in total. The topological polar surface area (TPSA) is 50.8 Å². The van der Waals surface area contributed by atoms with Crippen LogP contribution in [0.2, 0.25) is 0 Å². The van der Waals surface area contributed by atoms with Gasteiger partial charge in [0.05, 0.1) is 25.8 Å². The van der Waals surface area contributed by atoms with Gasteiger partial charge in [0, 0.05) is 12.0 Å². The molecule has 0 radical (unpaired) electrons. The normalized spacial score (nSPS) is 25.8. The van der Waals surface area contributed by atoms with Gasteiger partial charge in [-0.1, -0.05) is 31.4 Å². The second-order valence-corrected chi connectivity index (χ2v) is 8.41. The van der Waals surface area contributed by atoms with E-state index in [0.717, 1.165) is 57.1 Å². The van der Waals surface area contributed by atoms with Crippen molar-refractivity contribution in [1.29, 1.82) is 0 Å². The Labute approximate surface area is 166 Å². The van der Waals surface area contributed by atoms with Crippen molar-refractivity contribution in [2.24, 2.45) is 0 Å². The zero-order valence-electron chi connectivity index (χ0n) is 16.5. The largest absolute Gasteiger partial charge is 0.354 e. The molecule has 154 valence electrons. The smallest absolute Gasteiger partial charge is 0.234 e. The Kier molecular flexibility index (Phi) is 6.28. The predicted molar refractivity (Wildman–Crippen MR) is 104 cm³/mol. The fraction of sp³-hybridized carbons (Fsp3) is 0.682. The number of halogens is 1. The predicted octanol–water partition coefficient (Wildman–Crippen LogP) is 2.98. The van der Waals surface area contributed by atoms with Crippen LogP contribution in [-0.2, 0) is 19.7 Å². The van der Waals surface area contributed by atoms with Gasteiger partial charge < -0.3 is 14.8 Å². The first-order chi connectivity index (χ1) is 13.7. The van der Waals surface area contributed by atoms with Crippen LogP contribution in [0.1, 0.15) is 50.5 Å². The van der Waals surface area contributed by atoms with Crippen molar-refractivity contribution in [2.45, 2.75) is 62.7 Å². The number of hydrogen-bond acceptors (Lipinski definition) is 4. The molecule has 1 atom stereocenters. The molecule has 1 amide bonds. The fourth-order valence-corrected chi connectivity index (χ4v) is 5.05. The number of nitrogens with zero attached hydrogens (tertiary/aromatic N) is 1. The van der Waals surface area contributed by atoms with Crippen LogP contribution in [0.4, 0.5) is 4.39 Å². The summed E-state index contributed by atoms with van der Waals surface area (Å²) in [6.07, 6.45) is 7.45. The molecule has 2 heterocycles. The number of carbonyl (C=O) groups excluding carboxylic acids is 1. The van der Waals surface area contributed by atoms with Gasteiger partial charge in [-0.2, -0.15) is 0 Å². The van der Waals surface area contributed by atoms with E-state index in [-0.39, 0.29) is 29.5 Å². The zero-order chi connectivity index (χ0) is 19.4. The van der Waals surface area contributed by atoms with Crippen LogP contribution in [0.3, 0.4) is 0 Å². The third kappa shape index (κ3) is 4.39. The highest BCUT2D eigenvalue weighted by molar-refractivity contribution is 5.78. The first-order valence-electron chi connectivity index (χ1n) is 10.7. The Hall–Kier alpha value is -1.50. The molecule has 0 spiro atoms. The lowest BCUT2D eigenvalue weighted by atomic mass is 9.79. The first-order valence-corrected chi connectivity index (χ1v) is 10.7. The van der Waals surface area contributed by atoms with Crippen molar-refractivity contribution in [3.05, 3.63) is 35.6 Å². The molecule has 5 nitrogen and oxygen atoms in total. The van der Waals surface area contributed by atoms with Crippen LogP contribution in [0.25, 0.3) is 0 Å². The summed E-state index contributed by atoms with van der Waals surface area (Å²) < 4.78 is 24.7. The molecule has 1 aromatic rings. The lowest BCUT2D eigenvalue weighted by Gasteiger charge is -2.37. The Morgan fingerprint density at radius 2 is 1.82 bits per heavy atom. The molecule has 1 saturated carbocycles. The average Bonchev–Trinajstić information content (AvgIpc) is 3.40. The van der Waals surface area contributed by atoms with Gasteiger partial charge >= 0.3 is 0 Å². The van der Waals surface area contributed by atoms with Crippen molar-refractivity contribution in [1.82, 2.24) is 10.2 Å². The van der Waals surface area contributed by atoms with Crippen LogP contribution >= 0.6 is 0 Å². The standard InChI is InChI=1S/C22H31FN2O3/c23-18-8-6-17(7-9-18)22(10-2-3-11-22)16-24-20(26)15-25-12-4-1-5-19(25)21-27-13-14-28-21/h6-9,19,21H,1-5,10-16H2,(H,24,26). The molecule has 2 saturated heterocycles. The van der Waals surface area contributed by atoms with Gasteiger partial charge in [0.25, 0.3) is 0 Å². The maximum absolute atomic E-state index is 13.3. The van der Waals surface area contributed by atoms with E-state index in [1.807, 2.05) is 12.1 Å². The van der Waals surface area contributed by atoms with Crippen LogP contribution < -0.4 is 5.32 Å². The third-order valence-electron chi connectivity index (χ3n) is 6.61. The lowest BCUT2D eigenvalue weighted by molar-refractivity contribution is -0.131. The molecular formula is C22H31FN2O3. The van der Waals surface area contributed by atoms with E-state index in [4.69, 9.17) is 9.47 Å². The van der Waals surface area contributed by atoms with E-state index in [9.17, 15) is 9.18 Å². The first kappa shape index (κ1) is 19.8. The molecule has 0 aromatic heterocycles. The van der Waals surface area contributed by atoms with Gasteiger partial charge in [0.1, 0.15) is 5.82 Å². The highest BCUT2D eigenvalue weighted by Crippen LogP contribution is 2.40. The number of piperidine rings is 1. The van der Waals surface area contributed by atoms with Crippen molar-refractivity contribution >= 4 is 5.91 Å². The molecule has 3 aliphatic rings. The Balaban J connectivity index is 1.36. The maximum Gasteiger partial charge on any atom is 0.234 e. The number of nitrogens with one attached hydrogen (secondary N) is 1. The Morgan fingerprint density at radius 1 is 1.11 bits per heavy atom. The highest BCUT2D eigenvalue weighted by atomic mass is 19.1. The van der Waals surface area contributed by atoms with Gasteiger partial charge in [-0.3, -0.25) is 9.69 Å². The lowest BCUT2D eigenvalue weighted by Crippen LogP contribution is -2.51. The molecule has 28 heavy (non-hydrogen) atoms. The van der Waals surface area contributed by atoms with E-state index in [1.165, 1.54) is 12.1 Å². The Bertz CT molecular complexity index is 654. The van der Waals surface area contributed by atoms with Gasteiger partial charge in [0.2, 0.25) is 5.91 Å². The summed E-state index contributed by atoms with van der Waals surface area (Å²) in [5, 5.41) is 3.18. The molecule has 1 unspecified atom stereocenters. The zero-order valence-corrected chi connectivity index (χ0v) is 16.5. The third-order valence-corrected chi connectivity index (χ3v) is 6.61. The summed E-state index contributed by atoms with van der Waals surface area (Å²) in [4.78, 5) is 15.0. The van der Waals surface area contributed by atoms with Gasteiger partial charge in [-0.15, -0.1) is 0 Å². The quantitative estimate of drug-likeness (QED) is 0.811. The summed E-state index contributed by atoms with van der Waals surface area (Å²) in [6, 6.07) is 6.97. The van der Waals surface area contributed by atoms with Gasteiger partial charge in [0.15, 0.2) is 6.29 Å². The minimum Gasteiger partial charge on any atom is -0.354 e. The van der Waals surface area contributed by atoms with Crippen molar-refractivity contribution < 1.29 is 18.7 Å². The van der Waals surface area contributed by atoms with Crippen LogP contribution in [0.5, 0.6) is 0 Å². The second kappa shape index (κ2) is 8.89. The number of benzene rings is 1. The number of rotatable bonds is 6. The molecule has 2 aliphatic heterocycles.